The van der Waals surface area contributed by atoms with Crippen molar-refractivity contribution in [2.75, 3.05) is 29.1 Å². The first-order valence-electron chi connectivity index (χ1n) is 11.4. The monoisotopic (exact) mass is 472 g/mol. The van der Waals surface area contributed by atoms with Gasteiger partial charge in [-0.2, -0.15) is 5.10 Å². The Balaban J connectivity index is 1.66. The van der Waals surface area contributed by atoms with E-state index < -0.39 is 0 Å². The first kappa shape index (κ1) is 23.7. The number of hydrogen-bond acceptors (Lipinski definition) is 7. The van der Waals surface area contributed by atoms with Crippen molar-refractivity contribution in [2.45, 2.75) is 26.3 Å². The van der Waals surface area contributed by atoms with Crippen molar-refractivity contribution in [2.24, 2.45) is 0 Å². The molecule has 0 aliphatic rings. The Labute approximate surface area is 203 Å². The van der Waals surface area contributed by atoms with Crippen LogP contribution in [-0.4, -0.2) is 52.1 Å². The highest BCUT2D eigenvalue weighted by Crippen LogP contribution is 2.31. The third-order valence-corrected chi connectivity index (χ3v) is 5.31. The molecular formula is C25H28N8O2. The Hall–Kier alpha value is -4.47. The van der Waals surface area contributed by atoms with Crippen LogP contribution in [-0.2, 0) is 4.79 Å². The summed E-state index contributed by atoms with van der Waals surface area (Å²) < 4.78 is 0. The Morgan fingerprint density at radius 2 is 2.03 bits per heavy atom. The van der Waals surface area contributed by atoms with E-state index in [4.69, 9.17) is 0 Å². The molecule has 0 unspecified atom stereocenters. The zero-order valence-electron chi connectivity index (χ0n) is 19.9. The number of carbonyl (C=O) groups is 2. The molecule has 0 aliphatic carbocycles. The number of aldehydes is 1. The SMILES string of the molecule is CNc1ccc(-c2nccc(Nc3ccc4[nH]ncc4c3)n2)cc1N(CCC=O)C(=O)NC(C)C. The Bertz CT molecular complexity index is 1330. The van der Waals surface area contributed by atoms with Crippen molar-refractivity contribution in [3.05, 3.63) is 54.9 Å². The molecule has 0 saturated carbocycles. The zero-order valence-corrected chi connectivity index (χ0v) is 19.9. The smallest absolute Gasteiger partial charge is 0.322 e. The van der Waals surface area contributed by atoms with Gasteiger partial charge in [-0.1, -0.05) is 0 Å². The number of rotatable bonds is 9. The maximum atomic E-state index is 12.9. The molecule has 2 amide bonds. The number of hydrogen-bond donors (Lipinski definition) is 4. The van der Waals surface area contributed by atoms with Crippen LogP contribution in [0, 0.1) is 0 Å². The van der Waals surface area contributed by atoms with Gasteiger partial charge in [0.15, 0.2) is 5.82 Å². The second-order valence-corrected chi connectivity index (χ2v) is 8.26. The van der Waals surface area contributed by atoms with Crippen molar-refractivity contribution in [3.63, 3.8) is 0 Å². The van der Waals surface area contributed by atoms with Gasteiger partial charge >= 0.3 is 6.03 Å². The zero-order chi connectivity index (χ0) is 24.8. The molecule has 2 heterocycles. The molecule has 2 aromatic carbocycles. The predicted molar refractivity (Wildman–Crippen MR) is 138 cm³/mol. The minimum Gasteiger partial charge on any atom is -0.386 e. The molecule has 0 fully saturated rings. The lowest BCUT2D eigenvalue weighted by molar-refractivity contribution is -0.107. The van der Waals surface area contributed by atoms with Crippen LogP contribution >= 0.6 is 0 Å². The molecule has 0 spiro atoms. The lowest BCUT2D eigenvalue weighted by atomic mass is 10.1. The van der Waals surface area contributed by atoms with Crippen molar-refractivity contribution in [1.29, 1.82) is 0 Å². The summed E-state index contributed by atoms with van der Waals surface area (Å²) in [7, 11) is 1.79. The Kier molecular flexibility index (Phi) is 7.20. The fourth-order valence-corrected chi connectivity index (χ4v) is 3.68. The predicted octanol–water partition coefficient (Wildman–Crippen LogP) is 4.32. The van der Waals surface area contributed by atoms with E-state index in [1.54, 1.807) is 30.4 Å². The lowest BCUT2D eigenvalue weighted by Crippen LogP contribution is -2.44. The summed E-state index contributed by atoms with van der Waals surface area (Å²) in [5, 5.41) is 17.3. The van der Waals surface area contributed by atoms with Crippen molar-refractivity contribution in [1.82, 2.24) is 25.5 Å². The Morgan fingerprint density at radius 1 is 1.17 bits per heavy atom. The van der Waals surface area contributed by atoms with Gasteiger partial charge in [-0.3, -0.25) is 10.00 Å². The van der Waals surface area contributed by atoms with Crippen molar-refractivity contribution in [3.8, 4) is 11.4 Å². The normalized spacial score (nSPS) is 10.9. The van der Waals surface area contributed by atoms with Gasteiger partial charge in [0.1, 0.15) is 12.1 Å². The molecule has 4 aromatic rings. The van der Waals surface area contributed by atoms with Gasteiger partial charge in [-0.05, 0) is 56.3 Å². The first-order valence-corrected chi connectivity index (χ1v) is 11.4. The average molecular weight is 473 g/mol. The number of benzene rings is 2. The summed E-state index contributed by atoms with van der Waals surface area (Å²) in [6, 6.07) is 13.0. The van der Waals surface area contributed by atoms with E-state index in [2.05, 4.69) is 36.1 Å². The molecule has 0 bridgehead atoms. The minimum absolute atomic E-state index is 0.0465. The van der Waals surface area contributed by atoms with Crippen LogP contribution in [0.3, 0.4) is 0 Å². The van der Waals surface area contributed by atoms with E-state index in [-0.39, 0.29) is 25.0 Å². The van der Waals surface area contributed by atoms with E-state index >= 15 is 0 Å². The number of urea groups is 1. The molecule has 2 aromatic heterocycles. The van der Waals surface area contributed by atoms with Crippen LogP contribution < -0.4 is 20.9 Å². The van der Waals surface area contributed by atoms with Crippen LogP contribution in [0.25, 0.3) is 22.3 Å². The number of H-pyrrole nitrogens is 1. The number of amides is 2. The molecule has 35 heavy (non-hydrogen) atoms. The van der Waals surface area contributed by atoms with Crippen molar-refractivity contribution < 1.29 is 9.59 Å². The first-order chi connectivity index (χ1) is 17.0. The topological polar surface area (TPSA) is 128 Å². The number of nitrogens with zero attached hydrogens (tertiary/aromatic N) is 4. The summed E-state index contributed by atoms with van der Waals surface area (Å²) in [6.07, 6.45) is 4.47. The quantitative estimate of drug-likeness (QED) is 0.267. The fraction of sp³-hybridized carbons (Fsp3) is 0.240. The lowest BCUT2D eigenvalue weighted by Gasteiger charge is -2.26. The molecule has 0 radical (unpaired) electrons. The van der Waals surface area contributed by atoms with Crippen LogP contribution in [0.1, 0.15) is 20.3 Å². The van der Waals surface area contributed by atoms with E-state index in [0.29, 0.717) is 17.3 Å². The highest BCUT2D eigenvalue weighted by Gasteiger charge is 2.20. The maximum absolute atomic E-state index is 12.9. The maximum Gasteiger partial charge on any atom is 0.322 e. The summed E-state index contributed by atoms with van der Waals surface area (Å²) >= 11 is 0. The molecule has 10 nitrogen and oxygen atoms in total. The molecule has 0 atom stereocenters. The second-order valence-electron chi connectivity index (χ2n) is 8.26. The van der Waals surface area contributed by atoms with Crippen LogP contribution in [0.15, 0.2) is 54.9 Å². The largest absolute Gasteiger partial charge is 0.386 e. The van der Waals surface area contributed by atoms with Crippen LogP contribution in [0.5, 0.6) is 0 Å². The number of anilines is 4. The summed E-state index contributed by atoms with van der Waals surface area (Å²) in [5.41, 5.74) is 3.96. The second kappa shape index (κ2) is 10.6. The summed E-state index contributed by atoms with van der Waals surface area (Å²) in [4.78, 5) is 34.7. The molecule has 180 valence electrons. The summed E-state index contributed by atoms with van der Waals surface area (Å²) in [5.74, 6) is 1.13. The van der Waals surface area contributed by atoms with Gasteiger partial charge in [-0.15, -0.1) is 0 Å². The van der Waals surface area contributed by atoms with Gasteiger partial charge in [-0.25, -0.2) is 14.8 Å². The molecular weight excluding hydrogens is 444 g/mol. The van der Waals surface area contributed by atoms with E-state index in [9.17, 15) is 9.59 Å². The van der Waals surface area contributed by atoms with E-state index in [0.717, 1.165) is 34.1 Å². The highest BCUT2D eigenvalue weighted by molar-refractivity contribution is 5.97. The van der Waals surface area contributed by atoms with Crippen LogP contribution in [0.2, 0.25) is 0 Å². The van der Waals surface area contributed by atoms with E-state index in [1.807, 2.05) is 50.2 Å². The third kappa shape index (κ3) is 5.55. The van der Waals surface area contributed by atoms with Gasteiger partial charge in [0.2, 0.25) is 0 Å². The molecule has 4 N–H and O–H groups in total. The standard InChI is InChI=1S/C25H28N8O2/c1-16(2)29-25(35)33(11-4-12-34)22-14-17(5-7-21(22)26-3)24-27-10-9-23(31-24)30-19-6-8-20-18(13-19)15-28-32-20/h5-10,12-16,26H,4,11H2,1-3H3,(H,28,32)(H,29,35)(H,27,30,31). The average Bonchev–Trinajstić information content (AvgIpc) is 3.32. The fourth-order valence-electron chi connectivity index (χ4n) is 3.68. The number of carbonyl (C=O) groups excluding carboxylic acids is 2. The molecule has 0 aliphatic heterocycles. The molecule has 10 heteroatoms. The number of fused-ring (bicyclic) bond motifs is 1. The highest BCUT2D eigenvalue weighted by atomic mass is 16.2. The van der Waals surface area contributed by atoms with Gasteiger partial charge in [0, 0.05) is 48.9 Å². The van der Waals surface area contributed by atoms with Gasteiger partial charge in [0.25, 0.3) is 0 Å². The number of aromatic amines is 1. The van der Waals surface area contributed by atoms with Gasteiger partial charge in [0.05, 0.1) is 23.1 Å². The molecule has 4 rings (SSSR count). The van der Waals surface area contributed by atoms with Gasteiger partial charge < -0.3 is 20.7 Å². The molecule has 0 saturated heterocycles. The third-order valence-electron chi connectivity index (χ3n) is 5.31. The number of aromatic nitrogens is 4. The summed E-state index contributed by atoms with van der Waals surface area (Å²) in [6.45, 7) is 4.03. The number of nitrogens with one attached hydrogen (secondary N) is 4. The van der Waals surface area contributed by atoms with Crippen molar-refractivity contribution >= 4 is 46.1 Å². The Morgan fingerprint density at radius 3 is 2.80 bits per heavy atom. The van der Waals surface area contributed by atoms with E-state index in [1.165, 1.54) is 0 Å². The van der Waals surface area contributed by atoms with Crippen LogP contribution in [0.4, 0.5) is 27.7 Å². The minimum atomic E-state index is -0.276.